The molecule has 1 aromatic rings. The van der Waals surface area contributed by atoms with Gasteiger partial charge >= 0.3 is 0 Å². The lowest BCUT2D eigenvalue weighted by Gasteiger charge is -2.25. The van der Waals surface area contributed by atoms with E-state index in [4.69, 9.17) is 0 Å². The van der Waals surface area contributed by atoms with Gasteiger partial charge < -0.3 is 4.90 Å². The third-order valence-corrected chi connectivity index (χ3v) is 2.88. The fourth-order valence-corrected chi connectivity index (χ4v) is 1.95. The van der Waals surface area contributed by atoms with Crippen molar-refractivity contribution in [3.05, 3.63) is 28.2 Å². The summed E-state index contributed by atoms with van der Waals surface area (Å²) >= 11 is 3.40. The summed E-state index contributed by atoms with van der Waals surface area (Å²) in [6, 6.07) is 6.08. The highest BCUT2D eigenvalue weighted by Crippen LogP contribution is 2.29. The van der Waals surface area contributed by atoms with Crippen LogP contribution in [0.1, 0.15) is 12.0 Å². The van der Waals surface area contributed by atoms with Gasteiger partial charge in [0.1, 0.15) is 0 Å². The first-order chi connectivity index (χ1) is 6.18. The first-order valence-electron chi connectivity index (χ1n) is 4.23. The molecule has 1 aromatic carbocycles. The second-order valence-corrected chi connectivity index (χ2v) is 4.14. The zero-order chi connectivity index (χ0) is 9.42. The lowest BCUT2D eigenvalue weighted by molar-refractivity contribution is -0.118. The van der Waals surface area contributed by atoms with Gasteiger partial charge in [0.05, 0.1) is 0 Å². The molecule has 1 aliphatic rings. The highest BCUT2D eigenvalue weighted by molar-refractivity contribution is 9.10. The first kappa shape index (κ1) is 8.75. The van der Waals surface area contributed by atoms with Gasteiger partial charge in [0, 0.05) is 23.6 Å². The van der Waals surface area contributed by atoms with E-state index in [1.54, 1.807) is 4.90 Å². The smallest absolute Gasteiger partial charge is 0.227 e. The summed E-state index contributed by atoms with van der Waals surface area (Å²) in [6.07, 6.45) is 1.50. The molecule has 0 aromatic heterocycles. The third-order valence-electron chi connectivity index (χ3n) is 2.39. The Kier molecular flexibility index (Phi) is 2.12. The lowest BCUT2D eigenvalue weighted by Crippen LogP contribution is -2.30. The first-order valence-corrected chi connectivity index (χ1v) is 5.03. The van der Waals surface area contributed by atoms with E-state index in [1.807, 2.05) is 19.2 Å². The van der Waals surface area contributed by atoms with Crippen LogP contribution in [0.15, 0.2) is 22.7 Å². The molecule has 0 fully saturated rings. The highest BCUT2D eigenvalue weighted by Gasteiger charge is 2.20. The van der Waals surface area contributed by atoms with E-state index in [0.717, 1.165) is 16.6 Å². The minimum Gasteiger partial charge on any atom is -0.315 e. The molecule has 0 radical (unpaired) electrons. The summed E-state index contributed by atoms with van der Waals surface area (Å²) in [4.78, 5) is 13.1. The summed E-state index contributed by atoms with van der Waals surface area (Å²) < 4.78 is 1.02. The molecule has 2 nitrogen and oxygen atoms in total. The van der Waals surface area contributed by atoms with Crippen LogP contribution in [0.2, 0.25) is 0 Å². The molecule has 0 N–H and O–H groups in total. The Hall–Kier alpha value is -0.830. The number of carbonyl (C=O) groups is 1. The monoisotopic (exact) mass is 239 g/mol. The van der Waals surface area contributed by atoms with E-state index >= 15 is 0 Å². The van der Waals surface area contributed by atoms with Crippen molar-refractivity contribution in [2.75, 3.05) is 11.9 Å². The molecule has 0 atom stereocenters. The van der Waals surface area contributed by atoms with E-state index in [2.05, 4.69) is 22.0 Å². The van der Waals surface area contributed by atoms with Gasteiger partial charge in [0.25, 0.3) is 0 Å². The number of fused-ring (bicyclic) bond motifs is 1. The van der Waals surface area contributed by atoms with Crippen LogP contribution in [-0.4, -0.2) is 13.0 Å². The number of rotatable bonds is 0. The average molecular weight is 240 g/mol. The zero-order valence-corrected chi connectivity index (χ0v) is 8.97. The number of nitrogens with zero attached hydrogens (tertiary/aromatic N) is 1. The van der Waals surface area contributed by atoms with Crippen molar-refractivity contribution in [3.8, 4) is 0 Å². The highest BCUT2D eigenvalue weighted by atomic mass is 79.9. The Morgan fingerprint density at radius 1 is 1.38 bits per heavy atom. The van der Waals surface area contributed by atoms with Crippen LogP contribution in [0.3, 0.4) is 0 Å². The topological polar surface area (TPSA) is 20.3 Å². The SMILES string of the molecule is CN1C(=O)CCc2ccc(Br)cc21. The van der Waals surface area contributed by atoms with Gasteiger partial charge in [-0.1, -0.05) is 22.0 Å². The van der Waals surface area contributed by atoms with Crippen molar-refractivity contribution in [2.45, 2.75) is 12.8 Å². The number of hydrogen-bond donors (Lipinski definition) is 0. The maximum atomic E-state index is 11.4. The van der Waals surface area contributed by atoms with Crippen LogP contribution in [0, 0.1) is 0 Å². The van der Waals surface area contributed by atoms with Gasteiger partial charge in [0.2, 0.25) is 5.91 Å². The molecule has 0 spiro atoms. The number of aryl methyl sites for hydroxylation is 1. The fraction of sp³-hybridized carbons (Fsp3) is 0.300. The van der Waals surface area contributed by atoms with Gasteiger partial charge in [-0.2, -0.15) is 0 Å². The largest absolute Gasteiger partial charge is 0.315 e. The van der Waals surface area contributed by atoms with Crippen molar-refractivity contribution in [1.29, 1.82) is 0 Å². The molecule has 0 bridgehead atoms. The van der Waals surface area contributed by atoms with Crippen LogP contribution in [0.5, 0.6) is 0 Å². The molecular formula is C10H10BrNO. The van der Waals surface area contributed by atoms with Crippen molar-refractivity contribution in [1.82, 2.24) is 0 Å². The molecular weight excluding hydrogens is 230 g/mol. The summed E-state index contributed by atoms with van der Waals surface area (Å²) in [5, 5.41) is 0. The number of benzene rings is 1. The Morgan fingerprint density at radius 2 is 2.15 bits per heavy atom. The molecule has 3 heteroatoms. The van der Waals surface area contributed by atoms with E-state index in [1.165, 1.54) is 5.56 Å². The van der Waals surface area contributed by atoms with Gasteiger partial charge in [-0.25, -0.2) is 0 Å². The van der Waals surface area contributed by atoms with Gasteiger partial charge in [-0.3, -0.25) is 4.79 Å². The Bertz CT molecular complexity index is 362. The third kappa shape index (κ3) is 1.48. The zero-order valence-electron chi connectivity index (χ0n) is 7.38. The number of halogens is 1. The Labute approximate surface area is 85.7 Å². The maximum absolute atomic E-state index is 11.4. The molecule has 0 aliphatic carbocycles. The van der Waals surface area contributed by atoms with Gasteiger partial charge in [-0.15, -0.1) is 0 Å². The van der Waals surface area contributed by atoms with Crippen LogP contribution < -0.4 is 4.90 Å². The molecule has 2 rings (SSSR count). The predicted molar refractivity (Wildman–Crippen MR) is 55.9 cm³/mol. The molecule has 0 saturated heterocycles. The Balaban J connectivity index is 2.51. The minimum absolute atomic E-state index is 0.200. The van der Waals surface area contributed by atoms with Crippen LogP contribution >= 0.6 is 15.9 Å². The normalized spacial score (nSPS) is 15.8. The number of anilines is 1. The predicted octanol–water partition coefficient (Wildman–Crippen LogP) is 2.36. The van der Waals surface area contributed by atoms with Crippen molar-refractivity contribution < 1.29 is 4.79 Å². The molecule has 1 amide bonds. The quantitative estimate of drug-likeness (QED) is 0.681. The molecule has 1 heterocycles. The molecule has 13 heavy (non-hydrogen) atoms. The van der Waals surface area contributed by atoms with Gasteiger partial charge in [-0.05, 0) is 24.1 Å². The van der Waals surface area contributed by atoms with E-state index < -0.39 is 0 Å². The standard InChI is InChI=1S/C10H10BrNO/c1-12-9-6-8(11)4-2-7(9)3-5-10(12)13/h2,4,6H,3,5H2,1H3. The minimum atomic E-state index is 0.200. The average Bonchev–Trinajstić information content (AvgIpc) is 2.12. The summed E-state index contributed by atoms with van der Waals surface area (Å²) in [5.74, 6) is 0.200. The van der Waals surface area contributed by atoms with Crippen LogP contribution in [0.25, 0.3) is 0 Å². The van der Waals surface area contributed by atoms with Crippen molar-refractivity contribution in [3.63, 3.8) is 0 Å². The molecule has 0 unspecified atom stereocenters. The van der Waals surface area contributed by atoms with Crippen molar-refractivity contribution in [2.24, 2.45) is 0 Å². The number of hydrogen-bond acceptors (Lipinski definition) is 1. The lowest BCUT2D eigenvalue weighted by atomic mass is 10.0. The van der Waals surface area contributed by atoms with Crippen LogP contribution in [0.4, 0.5) is 5.69 Å². The van der Waals surface area contributed by atoms with Crippen LogP contribution in [-0.2, 0) is 11.2 Å². The van der Waals surface area contributed by atoms with E-state index in [0.29, 0.717) is 6.42 Å². The maximum Gasteiger partial charge on any atom is 0.227 e. The molecule has 68 valence electrons. The second-order valence-electron chi connectivity index (χ2n) is 3.23. The van der Waals surface area contributed by atoms with E-state index in [-0.39, 0.29) is 5.91 Å². The summed E-state index contributed by atoms with van der Waals surface area (Å²) in [5.41, 5.74) is 2.29. The van der Waals surface area contributed by atoms with Gasteiger partial charge in [0.15, 0.2) is 0 Å². The number of amides is 1. The number of carbonyl (C=O) groups excluding carboxylic acids is 1. The fourth-order valence-electron chi connectivity index (χ4n) is 1.60. The Morgan fingerprint density at radius 3 is 2.92 bits per heavy atom. The summed E-state index contributed by atoms with van der Waals surface area (Å²) in [7, 11) is 1.83. The molecule has 1 aliphatic heterocycles. The second kappa shape index (κ2) is 3.14. The summed E-state index contributed by atoms with van der Waals surface area (Å²) in [6.45, 7) is 0. The molecule has 0 saturated carbocycles. The van der Waals surface area contributed by atoms with E-state index in [9.17, 15) is 4.79 Å². The van der Waals surface area contributed by atoms with Crippen molar-refractivity contribution >= 4 is 27.5 Å².